The predicted molar refractivity (Wildman–Crippen MR) is 109 cm³/mol. The van der Waals surface area contributed by atoms with Gasteiger partial charge in [-0.15, -0.1) is 0 Å². The van der Waals surface area contributed by atoms with Crippen molar-refractivity contribution >= 4 is 38.2 Å². The quantitative estimate of drug-likeness (QED) is 0.453. The first-order valence-corrected chi connectivity index (χ1v) is 10.6. The smallest absolute Gasteiger partial charge is 0.229 e. The summed E-state index contributed by atoms with van der Waals surface area (Å²) in [6.07, 6.45) is 2.53. The molecule has 0 saturated carbocycles. The lowest BCUT2D eigenvalue weighted by atomic mass is 10.1. The van der Waals surface area contributed by atoms with E-state index in [9.17, 15) is 17.2 Å². The molecule has 30 heavy (non-hydrogen) atoms. The number of halogens is 2. The molecule has 4 N–H and O–H groups in total. The van der Waals surface area contributed by atoms with Crippen LogP contribution >= 0.6 is 0 Å². The van der Waals surface area contributed by atoms with E-state index in [0.29, 0.717) is 22.2 Å². The Bertz CT molecular complexity index is 1400. The summed E-state index contributed by atoms with van der Waals surface area (Å²) in [6.45, 7) is 1.70. The van der Waals surface area contributed by atoms with E-state index in [1.54, 1.807) is 19.1 Å². The van der Waals surface area contributed by atoms with Gasteiger partial charge in [-0.05, 0) is 36.8 Å². The number of nitrogens with zero attached hydrogens (tertiary/aromatic N) is 3. The second kappa shape index (κ2) is 7.02. The van der Waals surface area contributed by atoms with Crippen LogP contribution in [-0.2, 0) is 9.84 Å². The molecule has 2 aromatic carbocycles. The van der Waals surface area contributed by atoms with Gasteiger partial charge in [0.05, 0.1) is 10.5 Å². The van der Waals surface area contributed by atoms with Crippen molar-refractivity contribution in [3.05, 3.63) is 53.7 Å². The molecule has 154 valence electrons. The maximum absolute atomic E-state index is 13.9. The monoisotopic (exact) mass is 430 g/mol. The minimum Gasteiger partial charge on any atom is -0.383 e. The molecule has 0 radical (unpaired) electrons. The molecular formula is C19H16F2N6O2S. The molecule has 0 aliphatic carbocycles. The SMILES string of the molecule is Cc1ccc(Nc2ncc(-c3n[nH]c4c(F)c(F)ccc34)c(N)n2)cc1S(C)(=O)=O. The Labute approximate surface area is 170 Å². The topological polar surface area (TPSA) is 127 Å². The molecule has 11 heteroatoms. The molecule has 0 atom stereocenters. The van der Waals surface area contributed by atoms with Gasteiger partial charge in [0, 0.05) is 23.5 Å². The molecule has 4 rings (SSSR count). The van der Waals surface area contributed by atoms with Crippen molar-refractivity contribution in [3.8, 4) is 11.3 Å². The third kappa shape index (κ3) is 3.43. The molecule has 2 aromatic heterocycles. The number of anilines is 3. The van der Waals surface area contributed by atoms with E-state index in [4.69, 9.17) is 5.73 Å². The normalized spacial score (nSPS) is 11.7. The fourth-order valence-electron chi connectivity index (χ4n) is 3.08. The van der Waals surface area contributed by atoms with Gasteiger partial charge in [-0.1, -0.05) is 6.07 Å². The molecule has 0 aliphatic heterocycles. The molecule has 0 fully saturated rings. The zero-order valence-electron chi connectivity index (χ0n) is 15.9. The van der Waals surface area contributed by atoms with E-state index in [-0.39, 0.29) is 27.9 Å². The number of aryl methyl sites for hydroxylation is 1. The van der Waals surface area contributed by atoms with E-state index in [0.717, 1.165) is 12.3 Å². The first kappa shape index (κ1) is 19.7. The number of benzene rings is 2. The van der Waals surface area contributed by atoms with E-state index in [1.165, 1.54) is 18.3 Å². The average molecular weight is 430 g/mol. The Morgan fingerprint density at radius 2 is 1.93 bits per heavy atom. The Kier molecular flexibility index (Phi) is 4.61. The standard InChI is InChI=1S/C19H16F2N6O2S/c1-9-3-4-10(7-14(9)30(2,28)29)24-19-23-8-12(18(22)25-19)16-11-5-6-13(20)15(21)17(11)27-26-16/h3-8H,1-2H3,(H,26,27)(H3,22,23,24,25). The summed E-state index contributed by atoms with van der Waals surface area (Å²) in [6, 6.07) is 7.23. The highest BCUT2D eigenvalue weighted by Crippen LogP contribution is 2.31. The Balaban J connectivity index is 1.69. The summed E-state index contributed by atoms with van der Waals surface area (Å²) in [4.78, 5) is 8.54. The summed E-state index contributed by atoms with van der Waals surface area (Å²) in [5.41, 5.74) is 7.66. The van der Waals surface area contributed by atoms with Gasteiger partial charge < -0.3 is 11.1 Å². The lowest BCUT2D eigenvalue weighted by Crippen LogP contribution is -2.04. The van der Waals surface area contributed by atoms with Crippen LogP contribution in [0.2, 0.25) is 0 Å². The van der Waals surface area contributed by atoms with Crippen LogP contribution in [0.5, 0.6) is 0 Å². The van der Waals surface area contributed by atoms with Gasteiger partial charge in [-0.2, -0.15) is 10.1 Å². The number of nitrogens with one attached hydrogen (secondary N) is 2. The third-order valence-electron chi connectivity index (χ3n) is 4.55. The summed E-state index contributed by atoms with van der Waals surface area (Å²) < 4.78 is 51.1. The van der Waals surface area contributed by atoms with Crippen LogP contribution in [0.15, 0.2) is 41.4 Å². The lowest BCUT2D eigenvalue weighted by molar-refractivity contribution is 0.515. The maximum atomic E-state index is 13.9. The van der Waals surface area contributed by atoms with Crippen LogP contribution in [0, 0.1) is 18.6 Å². The number of aromatic nitrogens is 4. The molecule has 0 amide bonds. The Morgan fingerprint density at radius 3 is 2.63 bits per heavy atom. The summed E-state index contributed by atoms with van der Waals surface area (Å²) in [5.74, 6) is -1.84. The number of fused-ring (bicyclic) bond motifs is 1. The van der Waals surface area contributed by atoms with Gasteiger partial charge in [0.1, 0.15) is 17.0 Å². The summed E-state index contributed by atoms with van der Waals surface area (Å²) in [5, 5.41) is 9.71. The van der Waals surface area contributed by atoms with E-state index in [1.807, 2.05) is 0 Å². The van der Waals surface area contributed by atoms with Gasteiger partial charge in [-0.25, -0.2) is 22.2 Å². The maximum Gasteiger partial charge on any atom is 0.229 e. The number of H-pyrrole nitrogens is 1. The Hall–Kier alpha value is -3.60. The second-order valence-corrected chi connectivity index (χ2v) is 8.71. The van der Waals surface area contributed by atoms with Crippen LogP contribution in [0.1, 0.15) is 5.56 Å². The van der Waals surface area contributed by atoms with Crippen LogP contribution < -0.4 is 11.1 Å². The van der Waals surface area contributed by atoms with Crippen molar-refractivity contribution in [2.24, 2.45) is 0 Å². The average Bonchev–Trinajstić information content (AvgIpc) is 3.10. The van der Waals surface area contributed by atoms with Gasteiger partial charge >= 0.3 is 0 Å². The zero-order chi connectivity index (χ0) is 21.6. The number of hydrogen-bond donors (Lipinski definition) is 3. The second-order valence-electron chi connectivity index (χ2n) is 6.73. The van der Waals surface area contributed by atoms with Crippen LogP contribution in [0.4, 0.5) is 26.2 Å². The fourth-order valence-corrected chi connectivity index (χ4v) is 4.07. The van der Waals surface area contributed by atoms with Crippen molar-refractivity contribution in [1.29, 1.82) is 0 Å². The number of sulfone groups is 1. The summed E-state index contributed by atoms with van der Waals surface area (Å²) in [7, 11) is -3.39. The highest BCUT2D eigenvalue weighted by atomic mass is 32.2. The molecule has 0 saturated heterocycles. The van der Waals surface area contributed by atoms with Crippen molar-refractivity contribution in [2.75, 3.05) is 17.3 Å². The highest BCUT2D eigenvalue weighted by Gasteiger charge is 2.18. The lowest BCUT2D eigenvalue weighted by Gasteiger charge is -2.10. The van der Waals surface area contributed by atoms with Gasteiger partial charge in [0.2, 0.25) is 5.95 Å². The molecule has 8 nitrogen and oxygen atoms in total. The molecule has 0 aliphatic rings. The molecule has 0 spiro atoms. The number of nitrogens with two attached hydrogens (primary N) is 1. The van der Waals surface area contributed by atoms with Crippen LogP contribution in [-0.4, -0.2) is 34.8 Å². The van der Waals surface area contributed by atoms with Gasteiger partial charge in [0.15, 0.2) is 21.5 Å². The summed E-state index contributed by atoms with van der Waals surface area (Å²) >= 11 is 0. The number of hydrogen-bond acceptors (Lipinski definition) is 7. The molecule has 2 heterocycles. The third-order valence-corrected chi connectivity index (χ3v) is 5.79. The minimum atomic E-state index is -3.39. The van der Waals surface area contributed by atoms with E-state index in [2.05, 4.69) is 25.5 Å². The highest BCUT2D eigenvalue weighted by molar-refractivity contribution is 7.90. The number of nitrogen functional groups attached to an aromatic ring is 1. The van der Waals surface area contributed by atoms with Crippen molar-refractivity contribution < 1.29 is 17.2 Å². The van der Waals surface area contributed by atoms with Crippen molar-refractivity contribution in [2.45, 2.75) is 11.8 Å². The first-order valence-electron chi connectivity index (χ1n) is 8.68. The minimum absolute atomic E-state index is 0.0566. The number of rotatable bonds is 4. The fraction of sp³-hybridized carbons (Fsp3) is 0.105. The largest absolute Gasteiger partial charge is 0.383 e. The molecule has 0 bridgehead atoms. The molecular weight excluding hydrogens is 414 g/mol. The number of aromatic amines is 1. The van der Waals surface area contributed by atoms with Crippen LogP contribution in [0.25, 0.3) is 22.2 Å². The van der Waals surface area contributed by atoms with Gasteiger partial charge in [-0.3, -0.25) is 5.10 Å². The van der Waals surface area contributed by atoms with Gasteiger partial charge in [0.25, 0.3) is 0 Å². The molecule has 4 aromatic rings. The zero-order valence-corrected chi connectivity index (χ0v) is 16.7. The molecule has 0 unspecified atom stereocenters. The van der Waals surface area contributed by atoms with Crippen molar-refractivity contribution in [3.63, 3.8) is 0 Å². The van der Waals surface area contributed by atoms with Crippen LogP contribution in [0.3, 0.4) is 0 Å². The Morgan fingerprint density at radius 1 is 1.17 bits per heavy atom. The predicted octanol–water partition coefficient (Wildman–Crippen LogP) is 3.34. The van der Waals surface area contributed by atoms with E-state index < -0.39 is 21.5 Å². The van der Waals surface area contributed by atoms with Crippen molar-refractivity contribution in [1.82, 2.24) is 20.2 Å². The van der Waals surface area contributed by atoms with E-state index >= 15 is 0 Å². The first-order chi connectivity index (χ1) is 14.1.